The molecule has 8 nitrogen and oxygen atoms in total. The van der Waals surface area contributed by atoms with Crippen LogP contribution in [0.4, 0.5) is 4.79 Å². The van der Waals surface area contributed by atoms with E-state index in [-0.39, 0.29) is 0 Å². The lowest BCUT2D eigenvalue weighted by Gasteiger charge is -2.10. The van der Waals surface area contributed by atoms with E-state index in [4.69, 9.17) is 9.47 Å². The van der Waals surface area contributed by atoms with Crippen LogP contribution in [0.5, 0.6) is 11.5 Å². The number of methoxy groups -OCH3 is 2. The first kappa shape index (κ1) is 19.2. The van der Waals surface area contributed by atoms with Gasteiger partial charge in [0.05, 0.1) is 14.2 Å². The van der Waals surface area contributed by atoms with E-state index in [9.17, 15) is 14.4 Å². The molecule has 8 heteroatoms. The van der Waals surface area contributed by atoms with Crippen LogP contribution in [0.3, 0.4) is 0 Å². The average Bonchev–Trinajstić information content (AvgIpc) is 2.60. The molecule has 1 aromatic rings. The molecule has 1 amide bonds. The molecule has 1 atom stereocenters. The van der Waals surface area contributed by atoms with E-state index >= 15 is 0 Å². The molecule has 0 aromatic heterocycles. The van der Waals surface area contributed by atoms with Gasteiger partial charge in [-0.3, -0.25) is 0 Å². The highest BCUT2D eigenvalue weighted by Gasteiger charge is 2.17. The Bertz CT molecular complexity index is 598. The number of amides is 1. The first-order chi connectivity index (χ1) is 11.6. The summed E-state index contributed by atoms with van der Waals surface area (Å²) >= 11 is 0. The van der Waals surface area contributed by atoms with E-state index in [0.29, 0.717) is 37.3 Å². The molecule has 0 saturated heterocycles. The van der Waals surface area contributed by atoms with Gasteiger partial charge in [-0.2, -0.15) is 4.99 Å². The van der Waals surface area contributed by atoms with Crippen LogP contribution in [-0.4, -0.2) is 44.9 Å². The number of nitrogens with zero attached hydrogens (tertiary/aromatic N) is 1. The van der Waals surface area contributed by atoms with Gasteiger partial charge in [0.25, 0.3) is 0 Å². The van der Waals surface area contributed by atoms with Crippen LogP contribution in [0.25, 0.3) is 0 Å². The summed E-state index contributed by atoms with van der Waals surface area (Å²) in [7, 11) is 2.71. The summed E-state index contributed by atoms with van der Waals surface area (Å²) in [4.78, 5) is 36.7. The molecule has 130 valence electrons. The molecular formula is C16H20N2O6. The van der Waals surface area contributed by atoms with Gasteiger partial charge in [0, 0.05) is 6.54 Å². The minimum atomic E-state index is -0.854. The van der Waals surface area contributed by atoms with Gasteiger partial charge in [-0.15, -0.1) is 0 Å². The van der Waals surface area contributed by atoms with Crippen molar-refractivity contribution in [2.24, 2.45) is 4.99 Å². The Labute approximate surface area is 139 Å². The molecule has 1 rings (SSSR count). The van der Waals surface area contributed by atoms with Crippen molar-refractivity contribution in [2.75, 3.05) is 20.8 Å². The molecule has 0 radical (unpaired) electrons. The van der Waals surface area contributed by atoms with Crippen molar-refractivity contribution in [3.63, 3.8) is 0 Å². The maximum atomic E-state index is 11.7. The lowest BCUT2D eigenvalue weighted by atomic mass is 10.1. The van der Waals surface area contributed by atoms with E-state index in [0.717, 1.165) is 0 Å². The SMILES string of the molecule is COC(=O)C(CCCCNC(=O)Oc1ccccc1OC)N=C=O. The van der Waals surface area contributed by atoms with Crippen molar-refractivity contribution in [3.05, 3.63) is 24.3 Å². The monoisotopic (exact) mass is 336 g/mol. The van der Waals surface area contributed by atoms with Gasteiger partial charge in [0.15, 0.2) is 17.5 Å². The predicted molar refractivity (Wildman–Crippen MR) is 84.8 cm³/mol. The minimum absolute atomic E-state index is 0.323. The maximum Gasteiger partial charge on any atom is 0.412 e. The molecule has 0 spiro atoms. The largest absolute Gasteiger partial charge is 0.493 e. The Hall–Kier alpha value is -2.86. The van der Waals surface area contributed by atoms with Gasteiger partial charge < -0.3 is 19.5 Å². The molecule has 1 unspecified atom stereocenters. The zero-order valence-electron chi connectivity index (χ0n) is 13.6. The lowest BCUT2D eigenvalue weighted by molar-refractivity contribution is -0.142. The number of isocyanates is 1. The van der Waals surface area contributed by atoms with Gasteiger partial charge in [-0.05, 0) is 31.4 Å². The molecule has 0 bridgehead atoms. The Kier molecular flexibility index (Phi) is 8.63. The number of hydrogen-bond donors (Lipinski definition) is 1. The molecular weight excluding hydrogens is 316 g/mol. The fourth-order valence-corrected chi connectivity index (χ4v) is 1.93. The second kappa shape index (κ2) is 10.8. The first-order valence-electron chi connectivity index (χ1n) is 7.35. The minimum Gasteiger partial charge on any atom is -0.493 e. The normalized spacial score (nSPS) is 10.9. The number of nitrogens with one attached hydrogen (secondary N) is 1. The zero-order chi connectivity index (χ0) is 17.8. The molecule has 0 aliphatic heterocycles. The number of aliphatic imine (C=N–C) groups is 1. The number of para-hydroxylation sites is 2. The highest BCUT2D eigenvalue weighted by molar-refractivity contribution is 5.76. The summed E-state index contributed by atoms with van der Waals surface area (Å²) in [5.74, 6) is 0.200. The predicted octanol–water partition coefficient (Wildman–Crippen LogP) is 1.83. The Morgan fingerprint density at radius 3 is 2.54 bits per heavy atom. The van der Waals surface area contributed by atoms with Crippen LogP contribution in [0.2, 0.25) is 0 Å². The molecule has 0 aliphatic rings. The lowest BCUT2D eigenvalue weighted by Crippen LogP contribution is -2.28. The third-order valence-electron chi connectivity index (χ3n) is 3.13. The van der Waals surface area contributed by atoms with Crippen molar-refractivity contribution in [2.45, 2.75) is 25.3 Å². The van der Waals surface area contributed by atoms with Crippen LogP contribution in [-0.2, 0) is 14.3 Å². The van der Waals surface area contributed by atoms with Crippen molar-refractivity contribution < 1.29 is 28.6 Å². The molecule has 0 aliphatic carbocycles. The summed E-state index contributed by atoms with van der Waals surface area (Å²) in [6, 6.07) is 5.95. The maximum absolute atomic E-state index is 11.7. The second-order valence-electron chi connectivity index (χ2n) is 4.72. The van der Waals surface area contributed by atoms with Gasteiger partial charge in [0.1, 0.15) is 0 Å². The number of rotatable bonds is 9. The first-order valence-corrected chi connectivity index (χ1v) is 7.35. The standard InChI is InChI=1S/C16H20N2O6/c1-22-13-8-3-4-9-14(13)24-16(21)17-10-6-5-7-12(18-11-19)15(20)23-2/h3-4,8-9,12H,5-7,10H2,1-2H3,(H,17,21). The van der Waals surface area contributed by atoms with E-state index in [1.54, 1.807) is 24.3 Å². The Morgan fingerprint density at radius 1 is 1.21 bits per heavy atom. The Morgan fingerprint density at radius 2 is 1.92 bits per heavy atom. The van der Waals surface area contributed by atoms with Crippen molar-refractivity contribution in [3.8, 4) is 11.5 Å². The zero-order valence-corrected chi connectivity index (χ0v) is 13.6. The fraction of sp³-hybridized carbons (Fsp3) is 0.438. The molecule has 1 N–H and O–H groups in total. The smallest absolute Gasteiger partial charge is 0.412 e. The van der Waals surface area contributed by atoms with Crippen LogP contribution in [0, 0.1) is 0 Å². The topological polar surface area (TPSA) is 103 Å². The molecule has 24 heavy (non-hydrogen) atoms. The third-order valence-corrected chi connectivity index (χ3v) is 3.13. The van der Waals surface area contributed by atoms with Gasteiger partial charge in [0.2, 0.25) is 6.08 Å². The molecule has 0 saturated carbocycles. The third kappa shape index (κ3) is 6.50. The highest BCUT2D eigenvalue weighted by Crippen LogP contribution is 2.25. The summed E-state index contributed by atoms with van der Waals surface area (Å²) in [6.45, 7) is 0.354. The van der Waals surface area contributed by atoms with Crippen LogP contribution in [0.15, 0.2) is 29.3 Å². The Balaban J connectivity index is 2.30. The van der Waals surface area contributed by atoms with Crippen molar-refractivity contribution in [1.82, 2.24) is 5.32 Å². The van der Waals surface area contributed by atoms with Crippen molar-refractivity contribution >= 4 is 18.1 Å². The van der Waals surface area contributed by atoms with Gasteiger partial charge in [-0.25, -0.2) is 14.4 Å². The molecule has 0 fully saturated rings. The van der Waals surface area contributed by atoms with E-state index in [1.165, 1.54) is 20.3 Å². The number of carbonyl (C=O) groups excluding carboxylic acids is 3. The average molecular weight is 336 g/mol. The second-order valence-corrected chi connectivity index (χ2v) is 4.72. The van der Waals surface area contributed by atoms with E-state index in [1.807, 2.05) is 0 Å². The summed E-state index contributed by atoms with van der Waals surface area (Å²) in [5.41, 5.74) is 0. The molecule has 1 aromatic carbocycles. The molecule has 0 heterocycles. The number of carbonyl (C=O) groups is 2. The highest BCUT2D eigenvalue weighted by atomic mass is 16.6. The summed E-state index contributed by atoms with van der Waals surface area (Å²) in [6.07, 6.45) is 2.24. The van der Waals surface area contributed by atoms with Crippen LogP contribution < -0.4 is 14.8 Å². The van der Waals surface area contributed by atoms with Crippen LogP contribution in [0.1, 0.15) is 19.3 Å². The van der Waals surface area contributed by atoms with Gasteiger partial charge >= 0.3 is 12.1 Å². The van der Waals surface area contributed by atoms with Crippen LogP contribution >= 0.6 is 0 Å². The van der Waals surface area contributed by atoms with E-state index in [2.05, 4.69) is 15.0 Å². The number of ether oxygens (including phenoxy) is 3. The number of esters is 1. The fourth-order valence-electron chi connectivity index (χ4n) is 1.93. The van der Waals surface area contributed by atoms with Gasteiger partial charge in [-0.1, -0.05) is 12.1 Å². The number of benzene rings is 1. The quantitative estimate of drug-likeness (QED) is 0.319. The summed E-state index contributed by atoms with van der Waals surface area (Å²) in [5, 5.41) is 2.59. The number of hydrogen-bond acceptors (Lipinski definition) is 7. The summed E-state index contributed by atoms with van der Waals surface area (Å²) < 4.78 is 14.8. The number of unbranched alkanes of at least 4 members (excludes halogenated alkanes) is 1. The van der Waals surface area contributed by atoms with Crippen molar-refractivity contribution in [1.29, 1.82) is 0 Å². The van der Waals surface area contributed by atoms with E-state index < -0.39 is 18.1 Å².